The van der Waals surface area contributed by atoms with Crippen molar-refractivity contribution in [1.82, 2.24) is 4.90 Å². The van der Waals surface area contributed by atoms with E-state index >= 15 is 0 Å². The van der Waals surface area contributed by atoms with Gasteiger partial charge in [-0.05, 0) is 30.7 Å². The summed E-state index contributed by atoms with van der Waals surface area (Å²) in [6.07, 6.45) is 0.0448. The topological polar surface area (TPSA) is 98.2 Å². The van der Waals surface area contributed by atoms with Crippen molar-refractivity contribution in [3.63, 3.8) is 0 Å². The van der Waals surface area contributed by atoms with Crippen LogP contribution in [0.15, 0.2) is 69.9 Å². The maximum atomic E-state index is 13.2. The van der Waals surface area contributed by atoms with E-state index in [2.05, 4.69) is 34.1 Å². The highest BCUT2D eigenvalue weighted by Gasteiger charge is 2.30. The number of fused-ring (bicyclic) bond motifs is 4. The predicted octanol–water partition coefficient (Wildman–Crippen LogP) is 4.91. The molecule has 1 unspecified atom stereocenters. The molecule has 2 atom stereocenters. The number of amides is 1. The number of rotatable bonds is 5. The van der Waals surface area contributed by atoms with Crippen LogP contribution in [0.3, 0.4) is 0 Å². The Morgan fingerprint density at radius 3 is 2.51 bits per heavy atom. The quantitative estimate of drug-likeness (QED) is 0.321. The molecule has 41 heavy (non-hydrogen) atoms. The van der Waals surface area contributed by atoms with E-state index in [1.807, 2.05) is 37.3 Å². The molecule has 0 aliphatic carbocycles. The number of carbonyl (C=O) groups excluding carboxylic acids is 1. The van der Waals surface area contributed by atoms with Crippen LogP contribution in [0.25, 0.3) is 42.3 Å². The van der Waals surface area contributed by atoms with Gasteiger partial charge in [0, 0.05) is 63.5 Å². The average Bonchev–Trinajstić information content (AvgIpc) is 3.36. The number of anilines is 1. The zero-order valence-corrected chi connectivity index (χ0v) is 23.6. The van der Waals surface area contributed by atoms with Crippen LogP contribution in [-0.4, -0.2) is 62.9 Å². The molecule has 8 nitrogen and oxygen atoms in total. The van der Waals surface area contributed by atoms with Crippen molar-refractivity contribution < 1.29 is 18.7 Å². The SMILES string of the molecule is C[C@@H]1CN(C(C(N)=O)c2ccc3sc4c(-c5cccc6c(=O)cc(N7CCOCC7)oc56)cccc4c3c2)CCO1. The first-order chi connectivity index (χ1) is 20.0. The summed E-state index contributed by atoms with van der Waals surface area (Å²) >= 11 is 1.70. The van der Waals surface area contributed by atoms with Crippen LogP contribution in [0.2, 0.25) is 0 Å². The van der Waals surface area contributed by atoms with Crippen molar-refractivity contribution in [2.75, 3.05) is 50.9 Å². The molecule has 9 heteroatoms. The van der Waals surface area contributed by atoms with Gasteiger partial charge < -0.3 is 24.5 Å². The van der Waals surface area contributed by atoms with Crippen molar-refractivity contribution in [1.29, 1.82) is 0 Å². The Morgan fingerprint density at radius 2 is 1.73 bits per heavy atom. The highest BCUT2D eigenvalue weighted by atomic mass is 32.1. The van der Waals surface area contributed by atoms with Crippen molar-refractivity contribution in [2.45, 2.75) is 19.1 Å². The lowest BCUT2D eigenvalue weighted by atomic mass is 9.98. The first-order valence-corrected chi connectivity index (χ1v) is 14.8. The molecule has 0 saturated carbocycles. The summed E-state index contributed by atoms with van der Waals surface area (Å²) in [5.74, 6) is 0.210. The van der Waals surface area contributed by atoms with Gasteiger partial charge in [0.2, 0.25) is 5.91 Å². The van der Waals surface area contributed by atoms with E-state index in [4.69, 9.17) is 19.6 Å². The molecular formula is C32H31N3O5S. The number of hydrogen-bond donors (Lipinski definition) is 1. The number of para-hydroxylation sites is 1. The average molecular weight is 570 g/mol. The number of benzene rings is 3. The van der Waals surface area contributed by atoms with Gasteiger partial charge in [-0.2, -0.15) is 0 Å². The molecule has 1 amide bonds. The van der Waals surface area contributed by atoms with Crippen molar-refractivity contribution in [3.8, 4) is 11.1 Å². The fraction of sp³-hybridized carbons (Fsp3) is 0.312. The molecule has 3 aromatic carbocycles. The van der Waals surface area contributed by atoms with Gasteiger partial charge in [-0.1, -0.05) is 36.4 Å². The second kappa shape index (κ2) is 10.6. The van der Waals surface area contributed by atoms with E-state index in [1.54, 1.807) is 17.4 Å². The first kappa shape index (κ1) is 26.2. The predicted molar refractivity (Wildman–Crippen MR) is 163 cm³/mol. The van der Waals surface area contributed by atoms with E-state index in [0.29, 0.717) is 62.9 Å². The lowest BCUT2D eigenvalue weighted by molar-refractivity contribution is -0.126. The maximum absolute atomic E-state index is 13.2. The minimum absolute atomic E-state index is 0.0448. The van der Waals surface area contributed by atoms with Crippen LogP contribution in [0.5, 0.6) is 0 Å². The molecule has 2 N–H and O–H groups in total. The third-order valence-electron chi connectivity index (χ3n) is 8.10. The molecule has 7 rings (SSSR count). The van der Waals surface area contributed by atoms with Crippen LogP contribution in [0.4, 0.5) is 5.88 Å². The van der Waals surface area contributed by atoms with Gasteiger partial charge in [0.15, 0.2) is 11.3 Å². The first-order valence-electron chi connectivity index (χ1n) is 14.0. The largest absolute Gasteiger partial charge is 0.440 e. The molecular weight excluding hydrogens is 538 g/mol. The Morgan fingerprint density at radius 1 is 0.951 bits per heavy atom. The Balaban J connectivity index is 1.36. The summed E-state index contributed by atoms with van der Waals surface area (Å²) in [6, 6.07) is 19.2. The molecule has 2 fully saturated rings. The standard InChI is InChI=1S/C32H31N3O5S/c1-19-18-35(12-15-39-19)29(32(33)37)20-8-9-27-25(16-20)23-6-3-5-22(31(23)41-27)21-4-2-7-24-26(36)17-28(40-30(21)24)34-10-13-38-14-11-34/h2-9,16-17,19,29H,10-15,18H2,1H3,(H2,33,37)/t19-,29?/m1/s1. The molecule has 2 aliphatic rings. The molecule has 2 saturated heterocycles. The summed E-state index contributed by atoms with van der Waals surface area (Å²) < 4.78 is 19.9. The highest BCUT2D eigenvalue weighted by molar-refractivity contribution is 7.26. The zero-order chi connectivity index (χ0) is 28.1. The van der Waals surface area contributed by atoms with Crippen molar-refractivity contribution in [3.05, 3.63) is 76.5 Å². The second-order valence-electron chi connectivity index (χ2n) is 10.8. The third-order valence-corrected chi connectivity index (χ3v) is 9.32. The molecule has 4 heterocycles. The van der Waals surface area contributed by atoms with Crippen LogP contribution in [-0.2, 0) is 14.3 Å². The fourth-order valence-corrected chi connectivity index (χ4v) is 7.36. The van der Waals surface area contributed by atoms with Gasteiger partial charge in [0.05, 0.1) is 31.3 Å². The number of morpholine rings is 2. The zero-order valence-electron chi connectivity index (χ0n) is 22.8. The molecule has 5 aromatic rings. The van der Waals surface area contributed by atoms with E-state index in [-0.39, 0.29) is 17.4 Å². The highest BCUT2D eigenvalue weighted by Crippen LogP contribution is 2.43. The Bertz CT molecular complexity index is 1840. The van der Waals surface area contributed by atoms with E-state index in [9.17, 15) is 9.59 Å². The molecule has 0 radical (unpaired) electrons. The number of hydrogen-bond acceptors (Lipinski definition) is 8. The van der Waals surface area contributed by atoms with Crippen LogP contribution in [0, 0.1) is 0 Å². The van der Waals surface area contributed by atoms with Crippen molar-refractivity contribution in [2.24, 2.45) is 5.73 Å². The minimum Gasteiger partial charge on any atom is -0.440 e. The third kappa shape index (κ3) is 4.68. The number of nitrogens with two attached hydrogens (primary N) is 1. The van der Waals surface area contributed by atoms with E-state index in [0.717, 1.165) is 36.9 Å². The number of primary amides is 1. The van der Waals surface area contributed by atoms with Gasteiger partial charge in [-0.25, -0.2) is 0 Å². The lowest BCUT2D eigenvalue weighted by Gasteiger charge is -2.35. The summed E-state index contributed by atoms with van der Waals surface area (Å²) in [6.45, 7) is 6.47. The molecule has 2 aromatic heterocycles. The smallest absolute Gasteiger partial charge is 0.239 e. The Hall–Kier alpha value is -3.76. The second-order valence-corrected chi connectivity index (χ2v) is 11.8. The van der Waals surface area contributed by atoms with Crippen LogP contribution in [0.1, 0.15) is 18.5 Å². The number of carbonyl (C=O) groups is 1. The maximum Gasteiger partial charge on any atom is 0.239 e. The number of ether oxygens (including phenoxy) is 2. The monoisotopic (exact) mass is 569 g/mol. The molecule has 210 valence electrons. The molecule has 2 aliphatic heterocycles. The Kier molecular flexibility index (Phi) is 6.75. The number of thiophene rings is 1. The van der Waals surface area contributed by atoms with Crippen molar-refractivity contribution >= 4 is 54.3 Å². The normalized spacial score (nSPS) is 19.2. The molecule has 0 bridgehead atoms. The van der Waals surface area contributed by atoms with Gasteiger partial charge >= 0.3 is 0 Å². The van der Waals surface area contributed by atoms with Gasteiger partial charge in [-0.15, -0.1) is 11.3 Å². The van der Waals surface area contributed by atoms with Crippen LogP contribution >= 0.6 is 11.3 Å². The van der Waals surface area contributed by atoms with E-state index in [1.165, 1.54) is 0 Å². The lowest BCUT2D eigenvalue weighted by Crippen LogP contribution is -2.47. The summed E-state index contributed by atoms with van der Waals surface area (Å²) in [4.78, 5) is 30.0. The van der Waals surface area contributed by atoms with E-state index < -0.39 is 6.04 Å². The number of nitrogens with zero attached hydrogens (tertiary/aromatic N) is 2. The van der Waals surface area contributed by atoms with Gasteiger partial charge in [0.1, 0.15) is 11.6 Å². The Labute approximate surface area is 240 Å². The minimum atomic E-state index is -0.519. The summed E-state index contributed by atoms with van der Waals surface area (Å²) in [7, 11) is 0. The summed E-state index contributed by atoms with van der Waals surface area (Å²) in [5, 5.41) is 2.73. The molecule has 0 spiro atoms. The fourth-order valence-electron chi connectivity index (χ4n) is 6.15. The van der Waals surface area contributed by atoms with Gasteiger partial charge in [-0.3, -0.25) is 14.5 Å². The van der Waals surface area contributed by atoms with Gasteiger partial charge in [0.25, 0.3) is 0 Å². The summed E-state index contributed by atoms with van der Waals surface area (Å²) in [5.41, 5.74) is 9.24. The van der Waals surface area contributed by atoms with Crippen LogP contribution < -0.4 is 16.1 Å².